The Hall–Kier alpha value is 0.133. The fourth-order valence-electron chi connectivity index (χ4n) is 2.18. The quantitative estimate of drug-likeness (QED) is 0.317. The summed E-state index contributed by atoms with van der Waals surface area (Å²) in [6, 6.07) is 32.3. The summed E-state index contributed by atoms with van der Waals surface area (Å²) in [6.45, 7) is 0. The van der Waals surface area contributed by atoms with Gasteiger partial charge in [0.25, 0.3) is 0 Å². The van der Waals surface area contributed by atoms with Gasteiger partial charge in [-0.2, -0.15) is 0 Å². The van der Waals surface area contributed by atoms with Crippen LogP contribution in [-0.2, 0) is 26.2 Å². The second-order valence-electron chi connectivity index (χ2n) is 4.34. The van der Waals surface area contributed by atoms with Crippen molar-refractivity contribution in [1.82, 2.24) is 0 Å². The molecule has 0 aromatic heterocycles. The predicted octanol–water partition coefficient (Wildman–Crippen LogP) is -8.54. The van der Waals surface area contributed by atoms with Crippen molar-refractivity contribution in [2.45, 2.75) is 0 Å². The predicted molar refractivity (Wildman–Crippen MR) is 85.1 cm³/mol. The maximum atomic E-state index is 2.23. The van der Waals surface area contributed by atoms with Crippen LogP contribution in [0.25, 0.3) is 0 Å². The zero-order chi connectivity index (χ0) is 12.9. The van der Waals surface area contributed by atoms with Crippen molar-refractivity contribution in [3.8, 4) is 0 Å². The average molecular weight is 495 g/mol. The van der Waals surface area contributed by atoms with Crippen molar-refractivity contribution in [2.75, 3.05) is 0 Å². The van der Waals surface area contributed by atoms with Gasteiger partial charge in [-0.15, -0.1) is 0 Å². The minimum atomic E-state index is -0.446. The Balaban J connectivity index is -0.000000882. The molecule has 0 nitrogen and oxygen atoms in total. The van der Waals surface area contributed by atoms with Crippen molar-refractivity contribution >= 4 is 23.8 Å². The summed E-state index contributed by atoms with van der Waals surface area (Å²) in [6.07, 6.45) is 0. The van der Waals surface area contributed by atoms with Crippen LogP contribution < -0.4 is 65.5 Å². The molecule has 3 rings (SSSR count). The topological polar surface area (TPSA) is 0 Å². The molecule has 0 spiro atoms. The zero-order valence-electron chi connectivity index (χ0n) is 12.6. The van der Waals surface area contributed by atoms with E-state index in [0.29, 0.717) is 0 Å². The third-order valence-electron chi connectivity index (χ3n) is 3.04. The molecule has 0 aliphatic rings. The fourth-order valence-corrected chi connectivity index (χ4v) is 4.48. The van der Waals surface area contributed by atoms with Gasteiger partial charge in [-0.05, 0) is 23.8 Å². The molecule has 3 aromatic rings. The number of rotatable bonds is 3. The first kappa shape index (κ1) is 28.9. The molecule has 24 heavy (non-hydrogen) atoms. The van der Waals surface area contributed by atoms with Crippen LogP contribution in [0.15, 0.2) is 91.0 Å². The SMILES string of the molecule is [Cl-].[Cl-].[Cl-].[Cl-].[Zr+4].c1ccc(P(c2ccccc2)c2ccccc2)cc1. The summed E-state index contributed by atoms with van der Waals surface area (Å²) in [5.41, 5.74) is 0. The maximum absolute atomic E-state index is 2.23. The Morgan fingerprint density at radius 3 is 0.792 bits per heavy atom. The van der Waals surface area contributed by atoms with E-state index in [1.54, 1.807) is 0 Å². The smallest absolute Gasteiger partial charge is 1.00 e. The molecule has 124 valence electrons. The molecule has 0 atom stereocenters. The van der Waals surface area contributed by atoms with Gasteiger partial charge in [-0.25, -0.2) is 0 Å². The first-order chi connectivity index (χ1) is 9.45. The standard InChI is InChI=1S/C18H15P.4ClH.Zr/c1-4-10-16(11-5-1)19(17-12-6-2-7-13-17)18-14-8-3-9-15-18;;;;;/h1-15H;4*1H;/q;;;;;+4/p-4. The Morgan fingerprint density at radius 1 is 0.375 bits per heavy atom. The van der Waals surface area contributed by atoms with Gasteiger partial charge < -0.3 is 49.6 Å². The molecule has 0 heterocycles. The molecule has 0 saturated carbocycles. The number of hydrogen-bond acceptors (Lipinski definition) is 0. The molecular weight excluding hydrogens is 480 g/mol. The van der Waals surface area contributed by atoms with Crippen LogP contribution in [0.3, 0.4) is 0 Å². The normalized spacial score (nSPS) is 8.38. The third kappa shape index (κ3) is 7.57. The van der Waals surface area contributed by atoms with E-state index in [9.17, 15) is 0 Å². The summed E-state index contributed by atoms with van der Waals surface area (Å²) < 4.78 is 0. The van der Waals surface area contributed by atoms with Gasteiger partial charge >= 0.3 is 26.2 Å². The maximum Gasteiger partial charge on any atom is 4.00 e. The van der Waals surface area contributed by atoms with E-state index in [0.717, 1.165) is 0 Å². The minimum absolute atomic E-state index is 0. The summed E-state index contributed by atoms with van der Waals surface area (Å²) >= 11 is 0. The Labute approximate surface area is 189 Å². The van der Waals surface area contributed by atoms with E-state index in [1.165, 1.54) is 15.9 Å². The molecule has 0 radical (unpaired) electrons. The van der Waals surface area contributed by atoms with Gasteiger partial charge in [0.05, 0.1) is 0 Å². The molecule has 0 unspecified atom stereocenters. The number of halogens is 4. The molecule has 6 heteroatoms. The first-order valence-electron chi connectivity index (χ1n) is 6.40. The number of hydrogen-bond donors (Lipinski definition) is 0. The monoisotopic (exact) mass is 492 g/mol. The molecule has 0 aliphatic heterocycles. The van der Waals surface area contributed by atoms with Crippen molar-refractivity contribution in [3.63, 3.8) is 0 Å². The van der Waals surface area contributed by atoms with E-state index in [2.05, 4.69) is 91.0 Å². The van der Waals surface area contributed by atoms with Crippen LogP contribution in [0, 0.1) is 0 Å². The van der Waals surface area contributed by atoms with E-state index in [1.807, 2.05) is 0 Å². The van der Waals surface area contributed by atoms with Gasteiger partial charge in [0.15, 0.2) is 0 Å². The third-order valence-corrected chi connectivity index (χ3v) is 5.49. The van der Waals surface area contributed by atoms with Crippen LogP contribution in [0.2, 0.25) is 0 Å². The Morgan fingerprint density at radius 2 is 0.583 bits per heavy atom. The summed E-state index contributed by atoms with van der Waals surface area (Å²) in [5, 5.41) is 4.19. The van der Waals surface area contributed by atoms with Crippen LogP contribution in [0.5, 0.6) is 0 Å². The van der Waals surface area contributed by atoms with Gasteiger partial charge in [0.2, 0.25) is 0 Å². The van der Waals surface area contributed by atoms with Crippen molar-refractivity contribution in [1.29, 1.82) is 0 Å². The van der Waals surface area contributed by atoms with Crippen LogP contribution in [0.4, 0.5) is 0 Å². The Kier molecular flexibility index (Phi) is 18.5. The fraction of sp³-hybridized carbons (Fsp3) is 0. The minimum Gasteiger partial charge on any atom is -1.00 e. The number of benzene rings is 3. The molecular formula is C18H15Cl4PZr. The van der Waals surface area contributed by atoms with Gasteiger partial charge in [-0.1, -0.05) is 91.0 Å². The molecule has 0 fully saturated rings. The van der Waals surface area contributed by atoms with Gasteiger partial charge in [-0.3, -0.25) is 0 Å². The van der Waals surface area contributed by atoms with Gasteiger partial charge in [0.1, 0.15) is 0 Å². The average Bonchev–Trinajstić information content (AvgIpc) is 2.51. The molecule has 0 N–H and O–H groups in total. The van der Waals surface area contributed by atoms with Crippen molar-refractivity contribution < 1.29 is 75.8 Å². The second-order valence-corrected chi connectivity index (χ2v) is 6.56. The van der Waals surface area contributed by atoms with E-state index in [4.69, 9.17) is 0 Å². The van der Waals surface area contributed by atoms with Crippen LogP contribution >= 0.6 is 7.92 Å². The van der Waals surface area contributed by atoms with Crippen molar-refractivity contribution in [2.24, 2.45) is 0 Å². The first-order valence-corrected chi connectivity index (χ1v) is 7.74. The molecule has 3 aromatic carbocycles. The molecule has 0 bridgehead atoms. The van der Waals surface area contributed by atoms with E-state index >= 15 is 0 Å². The Bertz CT molecular complexity index is 545. The van der Waals surface area contributed by atoms with Crippen molar-refractivity contribution in [3.05, 3.63) is 91.0 Å². The molecule has 0 saturated heterocycles. The van der Waals surface area contributed by atoms with E-state index < -0.39 is 7.92 Å². The van der Waals surface area contributed by atoms with Crippen LogP contribution in [-0.4, -0.2) is 0 Å². The largest absolute Gasteiger partial charge is 4.00 e. The van der Waals surface area contributed by atoms with Gasteiger partial charge in [0, 0.05) is 0 Å². The summed E-state index contributed by atoms with van der Waals surface area (Å²) in [5.74, 6) is 0. The molecule has 0 amide bonds. The van der Waals surface area contributed by atoms with E-state index in [-0.39, 0.29) is 75.8 Å². The summed E-state index contributed by atoms with van der Waals surface area (Å²) in [4.78, 5) is 0. The summed E-state index contributed by atoms with van der Waals surface area (Å²) in [7, 11) is -0.446. The molecule has 0 aliphatic carbocycles. The second kappa shape index (κ2) is 15.4. The van der Waals surface area contributed by atoms with Crippen LogP contribution in [0.1, 0.15) is 0 Å². The zero-order valence-corrected chi connectivity index (χ0v) is 19.0.